The predicted octanol–water partition coefficient (Wildman–Crippen LogP) is 3.38. The first-order valence-corrected chi connectivity index (χ1v) is 7.80. The van der Waals surface area contributed by atoms with Crippen molar-refractivity contribution in [2.45, 2.75) is 51.2 Å². The summed E-state index contributed by atoms with van der Waals surface area (Å²) < 4.78 is 5.14. The highest BCUT2D eigenvalue weighted by Gasteiger charge is 2.21. The van der Waals surface area contributed by atoms with Gasteiger partial charge >= 0.3 is 0 Å². The van der Waals surface area contributed by atoms with Crippen molar-refractivity contribution in [1.82, 2.24) is 4.90 Å². The van der Waals surface area contributed by atoms with Crippen LogP contribution in [0.3, 0.4) is 0 Å². The molecule has 2 rings (SSSR count). The quantitative estimate of drug-likeness (QED) is 0.865. The van der Waals surface area contributed by atoms with E-state index < -0.39 is 0 Å². The minimum absolute atomic E-state index is 0.375. The average molecular weight is 277 g/mol. The van der Waals surface area contributed by atoms with Crippen LogP contribution in [0.2, 0.25) is 0 Å². The highest BCUT2D eigenvalue weighted by molar-refractivity contribution is 5.28. The molecular formula is C17H27NO2. The van der Waals surface area contributed by atoms with Gasteiger partial charge in [-0.3, -0.25) is 0 Å². The van der Waals surface area contributed by atoms with Gasteiger partial charge in [-0.1, -0.05) is 25.5 Å². The maximum atomic E-state index is 10.3. The van der Waals surface area contributed by atoms with Crippen molar-refractivity contribution >= 4 is 0 Å². The SMILES string of the molecule is CCC1CCCCN1CCC(O)c1ccc(OC)cc1. The lowest BCUT2D eigenvalue weighted by molar-refractivity contribution is 0.101. The smallest absolute Gasteiger partial charge is 0.118 e. The molecule has 0 aromatic heterocycles. The van der Waals surface area contributed by atoms with Gasteiger partial charge in [0.1, 0.15) is 5.75 Å². The van der Waals surface area contributed by atoms with Crippen LogP contribution in [0.25, 0.3) is 0 Å². The Balaban J connectivity index is 1.85. The molecule has 2 atom stereocenters. The second kappa shape index (κ2) is 7.65. The van der Waals surface area contributed by atoms with Gasteiger partial charge in [0.15, 0.2) is 0 Å². The van der Waals surface area contributed by atoms with Crippen molar-refractivity contribution in [3.8, 4) is 5.75 Å². The average Bonchev–Trinajstić information content (AvgIpc) is 2.53. The molecule has 0 bridgehead atoms. The number of ether oxygens (including phenoxy) is 1. The number of likely N-dealkylation sites (tertiary alicyclic amines) is 1. The van der Waals surface area contributed by atoms with E-state index in [0.717, 1.165) is 24.3 Å². The summed E-state index contributed by atoms with van der Waals surface area (Å²) in [6, 6.07) is 8.45. The highest BCUT2D eigenvalue weighted by atomic mass is 16.5. The lowest BCUT2D eigenvalue weighted by Crippen LogP contribution is -2.40. The van der Waals surface area contributed by atoms with Gasteiger partial charge in [-0.2, -0.15) is 0 Å². The van der Waals surface area contributed by atoms with E-state index in [4.69, 9.17) is 4.74 Å². The summed E-state index contributed by atoms with van der Waals surface area (Å²) in [5, 5.41) is 10.3. The molecule has 1 aromatic rings. The lowest BCUT2D eigenvalue weighted by Gasteiger charge is -2.35. The monoisotopic (exact) mass is 277 g/mol. The summed E-state index contributed by atoms with van der Waals surface area (Å²) in [4.78, 5) is 2.55. The number of hydrogen-bond donors (Lipinski definition) is 1. The largest absolute Gasteiger partial charge is 0.497 e. The fourth-order valence-electron chi connectivity index (χ4n) is 3.10. The molecule has 1 aromatic carbocycles. The topological polar surface area (TPSA) is 32.7 Å². The molecule has 2 unspecified atom stereocenters. The van der Waals surface area contributed by atoms with Crippen molar-refractivity contribution in [3.63, 3.8) is 0 Å². The third-order valence-electron chi connectivity index (χ3n) is 4.41. The molecule has 112 valence electrons. The van der Waals surface area contributed by atoms with E-state index in [-0.39, 0.29) is 6.10 Å². The van der Waals surface area contributed by atoms with Crippen LogP contribution in [-0.4, -0.2) is 36.2 Å². The number of rotatable bonds is 6. The van der Waals surface area contributed by atoms with Crippen LogP contribution < -0.4 is 4.74 Å². The molecule has 1 saturated heterocycles. The molecule has 0 radical (unpaired) electrons. The maximum Gasteiger partial charge on any atom is 0.118 e. The Hall–Kier alpha value is -1.06. The van der Waals surface area contributed by atoms with E-state index in [1.807, 2.05) is 24.3 Å². The van der Waals surface area contributed by atoms with E-state index >= 15 is 0 Å². The van der Waals surface area contributed by atoms with Crippen molar-refractivity contribution in [3.05, 3.63) is 29.8 Å². The van der Waals surface area contributed by atoms with Gasteiger partial charge in [-0.15, -0.1) is 0 Å². The Morgan fingerprint density at radius 2 is 2.05 bits per heavy atom. The fraction of sp³-hybridized carbons (Fsp3) is 0.647. The number of aliphatic hydroxyl groups is 1. The van der Waals surface area contributed by atoms with Crippen LogP contribution in [0.5, 0.6) is 5.75 Å². The van der Waals surface area contributed by atoms with E-state index in [9.17, 15) is 5.11 Å². The summed E-state index contributed by atoms with van der Waals surface area (Å²) in [6.07, 6.45) is 5.63. The van der Waals surface area contributed by atoms with Crippen LogP contribution in [0.4, 0.5) is 0 Å². The fourth-order valence-corrected chi connectivity index (χ4v) is 3.10. The first kappa shape index (κ1) is 15.3. The van der Waals surface area contributed by atoms with Gasteiger partial charge in [0.05, 0.1) is 13.2 Å². The lowest BCUT2D eigenvalue weighted by atomic mass is 9.98. The summed E-state index contributed by atoms with van der Waals surface area (Å²) in [7, 11) is 1.66. The second-order valence-electron chi connectivity index (χ2n) is 5.67. The molecule has 0 aliphatic carbocycles. The van der Waals surface area contributed by atoms with Crippen molar-refractivity contribution < 1.29 is 9.84 Å². The third kappa shape index (κ3) is 3.97. The van der Waals surface area contributed by atoms with Crippen LogP contribution in [-0.2, 0) is 0 Å². The van der Waals surface area contributed by atoms with Gasteiger partial charge < -0.3 is 14.7 Å². The van der Waals surface area contributed by atoms with Crippen LogP contribution in [0, 0.1) is 0 Å². The van der Waals surface area contributed by atoms with E-state index in [1.54, 1.807) is 7.11 Å². The molecule has 1 heterocycles. The second-order valence-corrected chi connectivity index (χ2v) is 5.67. The van der Waals surface area contributed by atoms with Crippen molar-refractivity contribution in [2.75, 3.05) is 20.2 Å². The van der Waals surface area contributed by atoms with Gasteiger partial charge in [-0.05, 0) is 49.9 Å². The van der Waals surface area contributed by atoms with E-state index in [0.29, 0.717) is 6.04 Å². The van der Waals surface area contributed by atoms with Crippen LogP contribution in [0.1, 0.15) is 50.7 Å². The molecule has 3 nitrogen and oxygen atoms in total. The van der Waals surface area contributed by atoms with E-state index in [1.165, 1.54) is 32.2 Å². The summed E-state index contributed by atoms with van der Waals surface area (Å²) in [5.74, 6) is 0.836. The molecule has 0 amide bonds. The van der Waals surface area contributed by atoms with Crippen LogP contribution >= 0.6 is 0 Å². The zero-order valence-electron chi connectivity index (χ0n) is 12.7. The normalized spacial score (nSPS) is 21.6. The molecule has 1 aliphatic heterocycles. The summed E-state index contributed by atoms with van der Waals surface area (Å²) in [6.45, 7) is 4.45. The van der Waals surface area contributed by atoms with E-state index in [2.05, 4.69) is 11.8 Å². The Kier molecular flexibility index (Phi) is 5.86. The number of hydrogen-bond acceptors (Lipinski definition) is 3. The first-order valence-electron chi connectivity index (χ1n) is 7.80. The van der Waals surface area contributed by atoms with Gasteiger partial charge in [0.25, 0.3) is 0 Å². The van der Waals surface area contributed by atoms with Gasteiger partial charge in [0.2, 0.25) is 0 Å². The molecular weight excluding hydrogens is 250 g/mol. The predicted molar refractivity (Wildman–Crippen MR) is 82.1 cm³/mol. The summed E-state index contributed by atoms with van der Waals surface area (Å²) in [5.41, 5.74) is 0.982. The Labute approximate surface area is 122 Å². The number of benzene rings is 1. The van der Waals surface area contributed by atoms with Gasteiger partial charge in [0, 0.05) is 12.6 Å². The minimum Gasteiger partial charge on any atom is -0.497 e. The first-order chi connectivity index (χ1) is 9.74. The minimum atomic E-state index is -0.375. The molecule has 0 saturated carbocycles. The third-order valence-corrected chi connectivity index (χ3v) is 4.41. The zero-order chi connectivity index (χ0) is 14.4. The number of methoxy groups -OCH3 is 1. The Morgan fingerprint density at radius 3 is 2.70 bits per heavy atom. The molecule has 3 heteroatoms. The summed E-state index contributed by atoms with van der Waals surface area (Å²) >= 11 is 0. The van der Waals surface area contributed by atoms with Crippen molar-refractivity contribution in [1.29, 1.82) is 0 Å². The Bertz CT molecular complexity index is 390. The Morgan fingerprint density at radius 1 is 1.30 bits per heavy atom. The van der Waals surface area contributed by atoms with Crippen molar-refractivity contribution in [2.24, 2.45) is 0 Å². The maximum absolute atomic E-state index is 10.3. The number of piperidine rings is 1. The highest BCUT2D eigenvalue weighted by Crippen LogP contribution is 2.24. The van der Waals surface area contributed by atoms with Crippen LogP contribution in [0.15, 0.2) is 24.3 Å². The molecule has 1 N–H and O–H groups in total. The number of aliphatic hydroxyl groups excluding tert-OH is 1. The molecule has 1 fully saturated rings. The number of nitrogens with zero attached hydrogens (tertiary/aromatic N) is 1. The molecule has 0 spiro atoms. The van der Waals surface area contributed by atoms with Gasteiger partial charge in [-0.25, -0.2) is 0 Å². The zero-order valence-corrected chi connectivity index (χ0v) is 12.7. The molecule has 20 heavy (non-hydrogen) atoms. The standard InChI is InChI=1S/C17H27NO2/c1-3-15-6-4-5-12-18(15)13-11-17(19)14-7-9-16(20-2)10-8-14/h7-10,15,17,19H,3-6,11-13H2,1-2H3. The molecule has 1 aliphatic rings.